The van der Waals surface area contributed by atoms with Gasteiger partial charge in [0.05, 0.1) is 17.4 Å². The Morgan fingerprint density at radius 1 is 1.50 bits per heavy atom. The van der Waals surface area contributed by atoms with Crippen LogP contribution in [0.3, 0.4) is 0 Å². The fraction of sp³-hybridized carbons (Fsp3) is 0.500. The van der Waals surface area contributed by atoms with E-state index in [-0.39, 0.29) is 18.9 Å². The first kappa shape index (κ1) is 14.7. The molecule has 1 aromatic rings. The summed E-state index contributed by atoms with van der Waals surface area (Å²) in [7, 11) is 0. The van der Waals surface area contributed by atoms with Gasteiger partial charge in [-0.3, -0.25) is 9.59 Å². The van der Waals surface area contributed by atoms with Crippen molar-refractivity contribution in [2.45, 2.75) is 26.4 Å². The molecule has 0 bridgehead atoms. The number of carbonyl (C=O) groups excluding carboxylic acids is 1. The number of rotatable bonds is 7. The molecule has 1 heterocycles. The molecule has 0 aliphatic heterocycles. The second kappa shape index (κ2) is 7.13. The van der Waals surface area contributed by atoms with Crippen LogP contribution in [0.4, 0.5) is 0 Å². The van der Waals surface area contributed by atoms with Crippen molar-refractivity contribution in [2.75, 3.05) is 13.2 Å². The monoisotopic (exact) mass is 271 g/mol. The molecule has 100 valence electrons. The van der Waals surface area contributed by atoms with Crippen molar-refractivity contribution < 1.29 is 19.4 Å². The van der Waals surface area contributed by atoms with Gasteiger partial charge in [-0.15, -0.1) is 11.3 Å². The van der Waals surface area contributed by atoms with Gasteiger partial charge in [0.2, 0.25) is 0 Å². The quantitative estimate of drug-likeness (QED) is 0.791. The molecule has 1 atom stereocenters. The Labute approximate surface area is 110 Å². The van der Waals surface area contributed by atoms with Crippen LogP contribution in [-0.2, 0) is 9.53 Å². The molecular formula is C12H17NO4S. The lowest BCUT2D eigenvalue weighted by Gasteiger charge is -2.15. The molecule has 18 heavy (non-hydrogen) atoms. The van der Waals surface area contributed by atoms with Gasteiger partial charge in [0.25, 0.3) is 5.91 Å². The molecule has 5 nitrogen and oxygen atoms in total. The molecule has 0 spiro atoms. The van der Waals surface area contributed by atoms with Crippen molar-refractivity contribution >= 4 is 23.2 Å². The largest absolute Gasteiger partial charge is 0.481 e. The van der Waals surface area contributed by atoms with Gasteiger partial charge in [0.1, 0.15) is 0 Å². The molecule has 0 saturated carbocycles. The van der Waals surface area contributed by atoms with Gasteiger partial charge >= 0.3 is 5.97 Å². The maximum absolute atomic E-state index is 11.7. The number of carbonyl (C=O) groups is 2. The van der Waals surface area contributed by atoms with E-state index in [1.54, 1.807) is 13.0 Å². The van der Waals surface area contributed by atoms with Gasteiger partial charge in [0.15, 0.2) is 0 Å². The number of carboxylic acid groups (broad SMARTS) is 1. The van der Waals surface area contributed by atoms with E-state index in [1.807, 2.05) is 13.0 Å². The summed E-state index contributed by atoms with van der Waals surface area (Å²) in [5.41, 5.74) is 0. The molecule has 1 amide bonds. The van der Waals surface area contributed by atoms with Crippen LogP contribution in [0.25, 0.3) is 0 Å². The van der Waals surface area contributed by atoms with Crippen molar-refractivity contribution in [3.8, 4) is 0 Å². The molecule has 1 aromatic heterocycles. The van der Waals surface area contributed by atoms with Crippen LogP contribution in [0, 0.1) is 6.92 Å². The number of hydrogen-bond acceptors (Lipinski definition) is 4. The molecule has 1 unspecified atom stereocenters. The van der Waals surface area contributed by atoms with Crippen LogP contribution in [-0.4, -0.2) is 36.2 Å². The molecule has 0 radical (unpaired) electrons. The lowest BCUT2D eigenvalue weighted by molar-refractivity contribution is -0.140. The molecule has 0 aliphatic rings. The molecule has 2 N–H and O–H groups in total. The van der Waals surface area contributed by atoms with E-state index in [2.05, 4.69) is 5.32 Å². The number of ether oxygens (including phenoxy) is 1. The van der Waals surface area contributed by atoms with Crippen LogP contribution in [0.15, 0.2) is 12.1 Å². The zero-order valence-corrected chi connectivity index (χ0v) is 11.3. The number of aliphatic carboxylic acids is 1. The topological polar surface area (TPSA) is 75.6 Å². The van der Waals surface area contributed by atoms with Crippen LogP contribution in [0.2, 0.25) is 0 Å². The third kappa shape index (κ3) is 4.85. The highest BCUT2D eigenvalue weighted by Gasteiger charge is 2.15. The van der Waals surface area contributed by atoms with E-state index in [9.17, 15) is 9.59 Å². The summed E-state index contributed by atoms with van der Waals surface area (Å²) in [6, 6.07) is 3.62. The predicted octanol–water partition coefficient (Wildman–Crippen LogP) is 1.67. The lowest BCUT2D eigenvalue weighted by atomic mass is 10.2. The minimum Gasteiger partial charge on any atom is -0.481 e. The normalized spacial score (nSPS) is 12.1. The lowest BCUT2D eigenvalue weighted by Crippen LogP contribution is -2.34. The molecule has 0 aromatic carbocycles. The van der Waals surface area contributed by atoms with Crippen molar-refractivity contribution in [1.82, 2.24) is 5.32 Å². The standard InChI is InChI=1S/C12H17NO4S/c1-3-17-9(6-11(14)15)7-13-12(16)10-5-4-8(2)18-10/h4-5,9H,3,6-7H2,1-2H3,(H,13,16)(H,14,15). The highest BCUT2D eigenvalue weighted by Crippen LogP contribution is 2.14. The molecule has 0 saturated heterocycles. The van der Waals surface area contributed by atoms with E-state index in [1.165, 1.54) is 11.3 Å². The summed E-state index contributed by atoms with van der Waals surface area (Å²) in [4.78, 5) is 24.0. The molecule has 0 aliphatic carbocycles. The average molecular weight is 271 g/mol. The fourth-order valence-corrected chi connectivity index (χ4v) is 2.25. The number of nitrogens with one attached hydrogen (secondary N) is 1. The fourth-order valence-electron chi connectivity index (χ4n) is 1.47. The van der Waals surface area contributed by atoms with Gasteiger partial charge in [-0.05, 0) is 26.0 Å². The predicted molar refractivity (Wildman–Crippen MR) is 69.1 cm³/mol. The number of amides is 1. The number of carboxylic acids is 1. The van der Waals surface area contributed by atoms with Crippen molar-refractivity contribution in [2.24, 2.45) is 0 Å². The maximum atomic E-state index is 11.7. The van der Waals surface area contributed by atoms with Gasteiger partial charge < -0.3 is 15.2 Å². The summed E-state index contributed by atoms with van der Waals surface area (Å²) < 4.78 is 5.25. The highest BCUT2D eigenvalue weighted by atomic mass is 32.1. The number of hydrogen-bond donors (Lipinski definition) is 2. The first-order valence-corrected chi connectivity index (χ1v) is 6.52. The summed E-state index contributed by atoms with van der Waals surface area (Å²) in [6.07, 6.45) is -0.602. The minimum absolute atomic E-state index is 0.114. The van der Waals surface area contributed by atoms with Gasteiger partial charge in [0, 0.05) is 18.0 Å². The van der Waals surface area contributed by atoms with E-state index in [0.717, 1.165) is 4.88 Å². The van der Waals surface area contributed by atoms with E-state index < -0.39 is 12.1 Å². The number of thiophene rings is 1. The van der Waals surface area contributed by atoms with Gasteiger partial charge in [-0.25, -0.2) is 0 Å². The zero-order chi connectivity index (χ0) is 13.5. The SMILES string of the molecule is CCOC(CNC(=O)c1ccc(C)s1)CC(=O)O. The van der Waals surface area contributed by atoms with Gasteiger partial charge in [-0.1, -0.05) is 0 Å². The number of aryl methyl sites for hydroxylation is 1. The Hall–Kier alpha value is -1.40. The summed E-state index contributed by atoms with van der Waals surface area (Å²) in [6.45, 7) is 4.34. The van der Waals surface area contributed by atoms with Crippen molar-refractivity contribution in [3.63, 3.8) is 0 Å². The van der Waals surface area contributed by atoms with Crippen LogP contribution in [0.5, 0.6) is 0 Å². The first-order chi connectivity index (χ1) is 8.52. The molecule has 6 heteroatoms. The Morgan fingerprint density at radius 3 is 2.72 bits per heavy atom. The zero-order valence-electron chi connectivity index (χ0n) is 10.4. The van der Waals surface area contributed by atoms with Gasteiger partial charge in [-0.2, -0.15) is 0 Å². The van der Waals surface area contributed by atoms with Crippen molar-refractivity contribution in [3.05, 3.63) is 21.9 Å². The molecule has 1 rings (SSSR count). The Balaban J connectivity index is 2.46. The second-order valence-electron chi connectivity index (χ2n) is 3.80. The second-order valence-corrected chi connectivity index (χ2v) is 5.08. The Kier molecular flexibility index (Phi) is 5.80. The first-order valence-electron chi connectivity index (χ1n) is 5.71. The third-order valence-electron chi connectivity index (χ3n) is 2.26. The van der Waals surface area contributed by atoms with Crippen LogP contribution in [0.1, 0.15) is 27.9 Å². The van der Waals surface area contributed by atoms with E-state index >= 15 is 0 Å². The summed E-state index contributed by atoms with van der Waals surface area (Å²) in [5, 5.41) is 11.4. The summed E-state index contributed by atoms with van der Waals surface area (Å²) in [5.74, 6) is -1.13. The highest BCUT2D eigenvalue weighted by molar-refractivity contribution is 7.13. The summed E-state index contributed by atoms with van der Waals surface area (Å²) >= 11 is 1.41. The van der Waals surface area contributed by atoms with Crippen molar-refractivity contribution in [1.29, 1.82) is 0 Å². The molecular weight excluding hydrogens is 254 g/mol. The van der Waals surface area contributed by atoms with Crippen LogP contribution < -0.4 is 5.32 Å². The van der Waals surface area contributed by atoms with E-state index in [0.29, 0.717) is 11.5 Å². The molecule has 0 fully saturated rings. The van der Waals surface area contributed by atoms with E-state index in [4.69, 9.17) is 9.84 Å². The third-order valence-corrected chi connectivity index (χ3v) is 3.26. The average Bonchev–Trinajstić information content (AvgIpc) is 2.72. The maximum Gasteiger partial charge on any atom is 0.306 e. The Morgan fingerprint density at radius 2 is 2.22 bits per heavy atom. The minimum atomic E-state index is -0.935. The van der Waals surface area contributed by atoms with Crippen LogP contribution >= 0.6 is 11.3 Å². The smallest absolute Gasteiger partial charge is 0.306 e. The Bertz CT molecular complexity index is 416.